The third-order valence-corrected chi connectivity index (χ3v) is 2.37. The normalized spacial score (nSPS) is 10.1. The van der Waals surface area contributed by atoms with Crippen molar-refractivity contribution in [3.63, 3.8) is 0 Å². The van der Waals surface area contributed by atoms with Gasteiger partial charge in [-0.2, -0.15) is 4.98 Å². The lowest BCUT2D eigenvalue weighted by Gasteiger charge is -2.05. The standard InChI is InChI=1S/C10H7Cl2N5O2/c1-19-8-4-7(12)13-10(14-8)15-9(18)5-2-3-6(11)17-16-5/h2-4H,1H3,(H,13,14,15,18). The third-order valence-electron chi connectivity index (χ3n) is 1.97. The molecule has 0 spiro atoms. The minimum absolute atomic E-state index is 0.00565. The molecule has 0 atom stereocenters. The second-order valence-electron chi connectivity index (χ2n) is 3.25. The molecule has 0 aliphatic rings. The van der Waals surface area contributed by atoms with Crippen LogP contribution in [-0.2, 0) is 0 Å². The topological polar surface area (TPSA) is 89.9 Å². The molecule has 0 aromatic carbocycles. The molecule has 2 aromatic heterocycles. The molecule has 0 bridgehead atoms. The van der Waals surface area contributed by atoms with Crippen molar-refractivity contribution in [1.29, 1.82) is 0 Å². The molecular weight excluding hydrogens is 293 g/mol. The summed E-state index contributed by atoms with van der Waals surface area (Å²) in [6.07, 6.45) is 0. The molecule has 0 radical (unpaired) electrons. The Labute approximate surface area is 117 Å². The van der Waals surface area contributed by atoms with Crippen molar-refractivity contribution in [1.82, 2.24) is 20.2 Å². The molecule has 0 unspecified atom stereocenters. The lowest BCUT2D eigenvalue weighted by molar-refractivity contribution is 0.102. The van der Waals surface area contributed by atoms with Crippen molar-refractivity contribution in [3.05, 3.63) is 34.2 Å². The molecule has 0 fully saturated rings. The third kappa shape index (κ3) is 3.49. The maximum atomic E-state index is 11.8. The molecule has 2 heterocycles. The molecule has 7 nitrogen and oxygen atoms in total. The summed E-state index contributed by atoms with van der Waals surface area (Å²) in [4.78, 5) is 19.6. The molecule has 0 saturated heterocycles. The predicted octanol–water partition coefficient (Wildman–Crippen LogP) is 1.83. The Hall–Kier alpha value is -1.99. The van der Waals surface area contributed by atoms with Crippen molar-refractivity contribution in [3.8, 4) is 5.88 Å². The summed E-state index contributed by atoms with van der Waals surface area (Å²) < 4.78 is 4.91. The van der Waals surface area contributed by atoms with Crippen molar-refractivity contribution in [2.45, 2.75) is 0 Å². The van der Waals surface area contributed by atoms with Crippen LogP contribution in [0, 0.1) is 0 Å². The van der Waals surface area contributed by atoms with Gasteiger partial charge in [0.25, 0.3) is 5.91 Å². The van der Waals surface area contributed by atoms with E-state index in [0.717, 1.165) is 0 Å². The average Bonchev–Trinajstić information content (AvgIpc) is 2.38. The molecule has 98 valence electrons. The van der Waals surface area contributed by atoms with Crippen LogP contribution in [-0.4, -0.2) is 33.2 Å². The lowest BCUT2D eigenvalue weighted by atomic mass is 10.4. The first kappa shape index (κ1) is 13.4. The van der Waals surface area contributed by atoms with Crippen LogP contribution >= 0.6 is 23.2 Å². The van der Waals surface area contributed by atoms with Crippen LogP contribution in [0.2, 0.25) is 10.3 Å². The maximum Gasteiger partial charge on any atom is 0.278 e. The Balaban J connectivity index is 2.18. The molecule has 9 heteroatoms. The van der Waals surface area contributed by atoms with Gasteiger partial charge in [0, 0.05) is 6.07 Å². The summed E-state index contributed by atoms with van der Waals surface area (Å²) in [5.74, 6) is -0.294. The summed E-state index contributed by atoms with van der Waals surface area (Å²) in [5.41, 5.74) is 0.0759. The monoisotopic (exact) mass is 299 g/mol. The minimum Gasteiger partial charge on any atom is -0.481 e. The highest BCUT2D eigenvalue weighted by atomic mass is 35.5. The second-order valence-corrected chi connectivity index (χ2v) is 4.03. The van der Waals surface area contributed by atoms with E-state index in [2.05, 4.69) is 25.5 Å². The number of nitrogens with one attached hydrogen (secondary N) is 1. The van der Waals surface area contributed by atoms with Gasteiger partial charge < -0.3 is 4.74 Å². The molecule has 2 rings (SSSR count). The van der Waals surface area contributed by atoms with Crippen LogP contribution in [0.15, 0.2) is 18.2 Å². The molecule has 1 amide bonds. The first-order chi connectivity index (χ1) is 9.08. The number of hydrogen-bond donors (Lipinski definition) is 1. The quantitative estimate of drug-likeness (QED) is 0.870. The van der Waals surface area contributed by atoms with Crippen LogP contribution < -0.4 is 10.1 Å². The fourth-order valence-electron chi connectivity index (χ4n) is 1.16. The molecule has 2 aromatic rings. The van der Waals surface area contributed by atoms with Crippen LogP contribution in [0.25, 0.3) is 0 Å². The van der Waals surface area contributed by atoms with Gasteiger partial charge in [-0.3, -0.25) is 10.1 Å². The van der Waals surface area contributed by atoms with Gasteiger partial charge in [0.2, 0.25) is 11.8 Å². The number of aromatic nitrogens is 4. The number of ether oxygens (including phenoxy) is 1. The van der Waals surface area contributed by atoms with Crippen LogP contribution in [0.3, 0.4) is 0 Å². The predicted molar refractivity (Wildman–Crippen MR) is 68.6 cm³/mol. The molecule has 0 aliphatic heterocycles. The van der Waals surface area contributed by atoms with Gasteiger partial charge in [0.05, 0.1) is 7.11 Å². The van der Waals surface area contributed by atoms with Crippen molar-refractivity contribution < 1.29 is 9.53 Å². The number of rotatable bonds is 3. The minimum atomic E-state index is -0.534. The Bertz CT molecular complexity index is 605. The number of carbonyl (C=O) groups excluding carboxylic acids is 1. The number of amides is 1. The zero-order valence-electron chi connectivity index (χ0n) is 9.59. The first-order valence-electron chi connectivity index (χ1n) is 4.97. The van der Waals surface area contributed by atoms with Gasteiger partial charge in [-0.05, 0) is 12.1 Å². The van der Waals surface area contributed by atoms with Crippen molar-refractivity contribution >= 4 is 35.1 Å². The Kier molecular flexibility index (Phi) is 4.08. The van der Waals surface area contributed by atoms with Crippen LogP contribution in [0.5, 0.6) is 5.88 Å². The summed E-state index contributed by atoms with van der Waals surface area (Å²) >= 11 is 11.3. The van der Waals surface area contributed by atoms with Gasteiger partial charge >= 0.3 is 0 Å². The SMILES string of the molecule is COc1cc(Cl)nc(NC(=O)c2ccc(Cl)nn2)n1. The van der Waals surface area contributed by atoms with Gasteiger partial charge in [-0.15, -0.1) is 10.2 Å². The molecule has 1 N–H and O–H groups in total. The van der Waals surface area contributed by atoms with E-state index in [9.17, 15) is 4.79 Å². The Morgan fingerprint density at radius 1 is 1.21 bits per heavy atom. The van der Waals surface area contributed by atoms with E-state index in [1.54, 1.807) is 0 Å². The first-order valence-corrected chi connectivity index (χ1v) is 5.73. The highest BCUT2D eigenvalue weighted by Gasteiger charge is 2.11. The maximum absolute atomic E-state index is 11.8. The largest absolute Gasteiger partial charge is 0.481 e. The van der Waals surface area contributed by atoms with Gasteiger partial charge in [0.1, 0.15) is 5.15 Å². The van der Waals surface area contributed by atoms with E-state index in [1.807, 2.05) is 0 Å². The van der Waals surface area contributed by atoms with E-state index in [4.69, 9.17) is 27.9 Å². The summed E-state index contributed by atoms with van der Waals surface area (Å²) in [5, 5.41) is 9.94. The van der Waals surface area contributed by atoms with Gasteiger partial charge in [-0.1, -0.05) is 23.2 Å². The molecule has 19 heavy (non-hydrogen) atoms. The highest BCUT2D eigenvalue weighted by molar-refractivity contribution is 6.29. The fourth-order valence-corrected chi connectivity index (χ4v) is 1.43. The van der Waals surface area contributed by atoms with Crippen molar-refractivity contribution in [2.75, 3.05) is 12.4 Å². The number of nitrogens with zero attached hydrogens (tertiary/aromatic N) is 4. The second kappa shape index (κ2) is 5.77. The summed E-state index contributed by atoms with van der Waals surface area (Å²) in [6, 6.07) is 4.29. The number of carbonyl (C=O) groups is 1. The number of methoxy groups -OCH3 is 1. The van der Waals surface area contributed by atoms with Gasteiger partial charge in [0.15, 0.2) is 10.8 Å². The van der Waals surface area contributed by atoms with Crippen LogP contribution in [0.4, 0.5) is 5.95 Å². The molecular formula is C10H7Cl2N5O2. The Morgan fingerprint density at radius 2 is 2.00 bits per heavy atom. The van der Waals surface area contributed by atoms with E-state index >= 15 is 0 Å². The van der Waals surface area contributed by atoms with Crippen LogP contribution in [0.1, 0.15) is 10.5 Å². The van der Waals surface area contributed by atoms with E-state index < -0.39 is 5.91 Å². The number of anilines is 1. The number of hydrogen-bond acceptors (Lipinski definition) is 6. The smallest absolute Gasteiger partial charge is 0.278 e. The molecule has 0 aliphatic carbocycles. The number of halogens is 2. The highest BCUT2D eigenvalue weighted by Crippen LogP contribution is 2.16. The zero-order valence-corrected chi connectivity index (χ0v) is 11.1. The fraction of sp³-hybridized carbons (Fsp3) is 0.100. The lowest BCUT2D eigenvalue weighted by Crippen LogP contribution is -2.16. The Morgan fingerprint density at radius 3 is 2.63 bits per heavy atom. The van der Waals surface area contributed by atoms with E-state index in [0.29, 0.717) is 0 Å². The summed E-state index contributed by atoms with van der Waals surface area (Å²) in [7, 11) is 1.43. The van der Waals surface area contributed by atoms with E-state index in [1.165, 1.54) is 25.3 Å². The van der Waals surface area contributed by atoms with Gasteiger partial charge in [-0.25, -0.2) is 4.98 Å². The van der Waals surface area contributed by atoms with Crippen molar-refractivity contribution in [2.24, 2.45) is 0 Å². The summed E-state index contributed by atoms with van der Waals surface area (Å²) in [6.45, 7) is 0. The van der Waals surface area contributed by atoms with E-state index in [-0.39, 0.29) is 27.8 Å². The molecule has 0 saturated carbocycles. The average molecular weight is 300 g/mol. The zero-order chi connectivity index (χ0) is 13.8.